The summed E-state index contributed by atoms with van der Waals surface area (Å²) < 4.78 is 8.11. The van der Waals surface area contributed by atoms with E-state index < -0.39 is 6.04 Å². The number of nitrogens with one attached hydrogen (secondary N) is 2. The van der Waals surface area contributed by atoms with Crippen LogP contribution in [-0.2, 0) is 0 Å². The second kappa shape index (κ2) is 7.38. The van der Waals surface area contributed by atoms with Crippen LogP contribution < -0.4 is 15.6 Å². The van der Waals surface area contributed by atoms with E-state index in [0.717, 1.165) is 21.3 Å². The van der Waals surface area contributed by atoms with E-state index in [4.69, 9.17) is 4.74 Å². The third-order valence-electron chi connectivity index (χ3n) is 4.87. The zero-order valence-corrected chi connectivity index (χ0v) is 17.4. The van der Waals surface area contributed by atoms with E-state index in [9.17, 15) is 4.79 Å². The van der Waals surface area contributed by atoms with Gasteiger partial charge in [0.1, 0.15) is 17.5 Å². The number of ether oxygens (including phenoxy) is 1. The molecule has 0 saturated carbocycles. The van der Waals surface area contributed by atoms with Gasteiger partial charge < -0.3 is 10.1 Å². The predicted octanol–water partition coefficient (Wildman–Crippen LogP) is 3.28. The van der Waals surface area contributed by atoms with Crippen LogP contribution >= 0.6 is 15.9 Å². The van der Waals surface area contributed by atoms with Crippen molar-refractivity contribution >= 4 is 27.6 Å². The Hall–Kier alpha value is -3.53. The summed E-state index contributed by atoms with van der Waals surface area (Å²) in [7, 11) is 0. The van der Waals surface area contributed by atoms with Crippen molar-refractivity contribution in [3.8, 4) is 17.0 Å². The highest BCUT2D eigenvalue weighted by molar-refractivity contribution is 9.10. The Morgan fingerprint density at radius 1 is 1.20 bits per heavy atom. The van der Waals surface area contributed by atoms with Crippen LogP contribution in [0.1, 0.15) is 24.1 Å². The summed E-state index contributed by atoms with van der Waals surface area (Å²) in [5.41, 5.74) is 3.12. The number of nitrogens with zero attached hydrogens (tertiary/aromatic N) is 5. The Morgan fingerprint density at radius 3 is 2.80 bits per heavy atom. The molecule has 3 heterocycles. The van der Waals surface area contributed by atoms with Gasteiger partial charge in [-0.1, -0.05) is 33.2 Å². The quantitative estimate of drug-likeness (QED) is 0.418. The normalized spacial score (nSPS) is 14.5. The lowest BCUT2D eigenvalue weighted by Gasteiger charge is -2.28. The van der Waals surface area contributed by atoms with Crippen molar-refractivity contribution < 1.29 is 4.74 Å². The molecule has 0 spiro atoms. The fraction of sp³-hybridized carbons (Fsp3) is 0.150. The molecule has 30 heavy (non-hydrogen) atoms. The van der Waals surface area contributed by atoms with E-state index >= 15 is 0 Å². The van der Waals surface area contributed by atoms with Crippen molar-refractivity contribution in [3.63, 3.8) is 0 Å². The average Bonchev–Trinajstić information content (AvgIpc) is 3.22. The summed E-state index contributed by atoms with van der Waals surface area (Å²) in [5, 5.41) is 22.0. The number of rotatable bonds is 4. The molecule has 10 heteroatoms. The summed E-state index contributed by atoms with van der Waals surface area (Å²) >= 11 is 3.53. The molecule has 0 amide bonds. The minimum absolute atomic E-state index is 0.339. The molecular formula is C20H16BrN7O2. The standard InChI is InChI=1S/C20H16BrN7O2/c1-2-30-14-8-6-11(7-9-14)16-15-17(19(29)24-23-16)22-20-25-26-27-28(20)18(15)12-4-3-5-13(21)10-12/h3-10,18H,2H2,1H3,(H,24,29)(H,22,25,27)/t18-/m0/s1. The highest BCUT2D eigenvalue weighted by Crippen LogP contribution is 2.41. The zero-order valence-electron chi connectivity index (χ0n) is 15.8. The molecule has 2 N–H and O–H groups in total. The number of tetrazole rings is 1. The number of halogens is 1. The van der Waals surface area contributed by atoms with E-state index in [1.54, 1.807) is 4.68 Å². The van der Waals surface area contributed by atoms with Crippen LogP contribution in [-0.4, -0.2) is 37.0 Å². The first kappa shape index (κ1) is 18.5. The molecule has 150 valence electrons. The van der Waals surface area contributed by atoms with Crippen molar-refractivity contribution in [1.29, 1.82) is 0 Å². The number of hydrogen-bond donors (Lipinski definition) is 2. The SMILES string of the molecule is CCOc1ccc(-c2n[nH]c(=O)c3c2[C@H](c2cccc(Br)c2)n2nnnc2N3)cc1. The fourth-order valence-corrected chi connectivity index (χ4v) is 4.03. The number of aromatic nitrogens is 6. The third kappa shape index (κ3) is 3.05. The number of anilines is 2. The lowest BCUT2D eigenvalue weighted by atomic mass is 9.92. The van der Waals surface area contributed by atoms with Crippen molar-refractivity contribution in [2.75, 3.05) is 11.9 Å². The van der Waals surface area contributed by atoms with E-state index in [-0.39, 0.29) is 5.56 Å². The van der Waals surface area contributed by atoms with Gasteiger partial charge in [0.2, 0.25) is 5.95 Å². The first-order valence-corrected chi connectivity index (χ1v) is 10.1. The van der Waals surface area contributed by atoms with Gasteiger partial charge in [0, 0.05) is 15.6 Å². The van der Waals surface area contributed by atoms with Gasteiger partial charge in [-0.05, 0) is 59.3 Å². The molecule has 0 bridgehead atoms. The van der Waals surface area contributed by atoms with Crippen LogP contribution in [0.15, 0.2) is 57.8 Å². The first-order chi connectivity index (χ1) is 14.7. The molecule has 0 fully saturated rings. The van der Waals surface area contributed by atoms with Gasteiger partial charge in [-0.25, -0.2) is 5.10 Å². The molecule has 2 aromatic heterocycles. The number of H-pyrrole nitrogens is 1. The molecule has 4 aromatic rings. The van der Waals surface area contributed by atoms with Gasteiger partial charge >= 0.3 is 0 Å². The van der Waals surface area contributed by atoms with Crippen molar-refractivity contribution in [2.45, 2.75) is 13.0 Å². The molecule has 5 rings (SSSR count). The molecule has 0 unspecified atom stereocenters. The van der Waals surface area contributed by atoms with Crippen molar-refractivity contribution in [1.82, 2.24) is 30.4 Å². The molecule has 0 radical (unpaired) electrons. The average molecular weight is 466 g/mol. The Kier molecular flexibility index (Phi) is 4.55. The maximum atomic E-state index is 12.7. The van der Waals surface area contributed by atoms with Crippen molar-refractivity contribution in [2.24, 2.45) is 0 Å². The van der Waals surface area contributed by atoms with Crippen LogP contribution in [0.4, 0.5) is 11.6 Å². The number of hydrogen-bond acceptors (Lipinski definition) is 7. The van der Waals surface area contributed by atoms with Gasteiger partial charge in [0.05, 0.1) is 12.3 Å². The van der Waals surface area contributed by atoms with Gasteiger partial charge in [-0.15, -0.1) is 0 Å². The lowest BCUT2D eigenvalue weighted by Crippen LogP contribution is -2.29. The largest absolute Gasteiger partial charge is 0.494 e. The smallest absolute Gasteiger partial charge is 0.288 e. The van der Waals surface area contributed by atoms with Crippen LogP contribution in [0.25, 0.3) is 11.3 Å². The summed E-state index contributed by atoms with van der Waals surface area (Å²) in [6, 6.07) is 15.0. The predicted molar refractivity (Wildman–Crippen MR) is 114 cm³/mol. The Labute approximate surface area is 179 Å². The molecule has 1 aliphatic rings. The summed E-state index contributed by atoms with van der Waals surface area (Å²) in [5.74, 6) is 1.16. The maximum Gasteiger partial charge on any atom is 0.288 e. The van der Waals surface area contributed by atoms with E-state index in [2.05, 4.69) is 47.0 Å². The second-order valence-electron chi connectivity index (χ2n) is 6.68. The van der Waals surface area contributed by atoms with Crippen LogP contribution in [0.3, 0.4) is 0 Å². The van der Waals surface area contributed by atoms with Crippen LogP contribution in [0.2, 0.25) is 0 Å². The number of aromatic amines is 1. The van der Waals surface area contributed by atoms with Gasteiger partial charge in [-0.2, -0.15) is 9.78 Å². The Balaban J connectivity index is 1.75. The molecular weight excluding hydrogens is 450 g/mol. The summed E-state index contributed by atoms with van der Waals surface area (Å²) in [6.45, 7) is 2.52. The minimum Gasteiger partial charge on any atom is -0.494 e. The highest BCUT2D eigenvalue weighted by Gasteiger charge is 2.34. The molecule has 9 nitrogen and oxygen atoms in total. The van der Waals surface area contributed by atoms with Gasteiger partial charge in [-0.3, -0.25) is 4.79 Å². The lowest BCUT2D eigenvalue weighted by molar-refractivity contribution is 0.340. The zero-order chi connectivity index (χ0) is 20.7. The minimum atomic E-state index is -0.430. The van der Waals surface area contributed by atoms with Crippen LogP contribution in [0.5, 0.6) is 5.75 Å². The van der Waals surface area contributed by atoms with E-state index in [1.807, 2.05) is 55.5 Å². The van der Waals surface area contributed by atoms with Gasteiger partial charge in [0.15, 0.2) is 0 Å². The number of benzene rings is 2. The molecule has 2 aromatic carbocycles. The van der Waals surface area contributed by atoms with Crippen molar-refractivity contribution in [3.05, 3.63) is 74.5 Å². The molecule has 1 aliphatic heterocycles. The molecule has 1 atom stereocenters. The number of fused-ring (bicyclic) bond motifs is 2. The molecule has 0 aliphatic carbocycles. The van der Waals surface area contributed by atoms with Gasteiger partial charge in [0.25, 0.3) is 5.56 Å². The summed E-state index contributed by atoms with van der Waals surface area (Å²) in [6.07, 6.45) is 0. The maximum absolute atomic E-state index is 12.7. The van der Waals surface area contributed by atoms with Crippen LogP contribution in [0, 0.1) is 0 Å². The molecule has 0 saturated heterocycles. The van der Waals surface area contributed by atoms with E-state index in [0.29, 0.717) is 29.5 Å². The van der Waals surface area contributed by atoms with E-state index in [1.165, 1.54) is 0 Å². The topological polar surface area (TPSA) is 111 Å². The Morgan fingerprint density at radius 2 is 2.03 bits per heavy atom. The second-order valence-corrected chi connectivity index (χ2v) is 7.59. The fourth-order valence-electron chi connectivity index (χ4n) is 3.62. The first-order valence-electron chi connectivity index (χ1n) is 9.32. The highest BCUT2D eigenvalue weighted by atomic mass is 79.9. The summed E-state index contributed by atoms with van der Waals surface area (Å²) in [4.78, 5) is 12.7. The Bertz CT molecular complexity index is 1280. The third-order valence-corrected chi connectivity index (χ3v) is 5.36. The monoisotopic (exact) mass is 465 g/mol.